The van der Waals surface area contributed by atoms with Crippen LogP contribution in [0.4, 0.5) is 5.69 Å². The Labute approximate surface area is 125 Å². The van der Waals surface area contributed by atoms with E-state index in [-0.39, 0.29) is 11.3 Å². The third-order valence-corrected chi connectivity index (χ3v) is 3.29. The number of anilines is 1. The van der Waals surface area contributed by atoms with E-state index in [0.29, 0.717) is 11.1 Å². The molecule has 0 saturated carbocycles. The molecule has 0 saturated heterocycles. The number of carbonyl (C=O) groups is 2. The summed E-state index contributed by atoms with van der Waals surface area (Å²) in [6.45, 7) is 6.43. The lowest BCUT2D eigenvalue weighted by molar-refractivity contribution is 0.102. The van der Waals surface area contributed by atoms with Gasteiger partial charge >= 0.3 is 0 Å². The van der Waals surface area contributed by atoms with Crippen molar-refractivity contribution in [1.82, 2.24) is 0 Å². The highest BCUT2D eigenvalue weighted by molar-refractivity contribution is 6.05. The quantitative estimate of drug-likeness (QED) is 0.863. The second kappa shape index (κ2) is 5.92. The Kier molecular flexibility index (Phi) is 4.22. The second-order valence-electron chi connectivity index (χ2n) is 6.02. The molecule has 0 radical (unpaired) electrons. The first-order chi connectivity index (χ1) is 9.90. The Morgan fingerprint density at radius 2 is 1.71 bits per heavy atom. The molecule has 108 valence electrons. The summed E-state index contributed by atoms with van der Waals surface area (Å²) in [7, 11) is 0. The predicted molar refractivity (Wildman–Crippen MR) is 84.9 cm³/mol. The third kappa shape index (κ3) is 3.78. The van der Waals surface area contributed by atoms with Crippen molar-refractivity contribution >= 4 is 17.9 Å². The molecule has 0 unspecified atom stereocenters. The number of hydrogen-bond acceptors (Lipinski definition) is 2. The zero-order valence-electron chi connectivity index (χ0n) is 12.5. The molecule has 2 rings (SSSR count). The molecule has 0 bridgehead atoms. The summed E-state index contributed by atoms with van der Waals surface area (Å²) in [6.07, 6.45) is 0.731. The Balaban J connectivity index is 2.14. The van der Waals surface area contributed by atoms with E-state index in [4.69, 9.17) is 0 Å². The van der Waals surface area contributed by atoms with Crippen LogP contribution in [-0.4, -0.2) is 12.2 Å². The van der Waals surface area contributed by atoms with Crippen molar-refractivity contribution in [2.45, 2.75) is 26.2 Å². The normalized spacial score (nSPS) is 11.0. The van der Waals surface area contributed by atoms with Crippen LogP contribution in [0.25, 0.3) is 0 Å². The first-order valence-corrected chi connectivity index (χ1v) is 6.87. The van der Waals surface area contributed by atoms with E-state index in [1.54, 1.807) is 24.3 Å². The van der Waals surface area contributed by atoms with E-state index < -0.39 is 0 Å². The fraction of sp³-hybridized carbons (Fsp3) is 0.222. The van der Waals surface area contributed by atoms with E-state index in [1.165, 1.54) is 5.56 Å². The maximum Gasteiger partial charge on any atom is 0.255 e. The maximum absolute atomic E-state index is 12.1. The van der Waals surface area contributed by atoms with Gasteiger partial charge in [0.15, 0.2) is 0 Å². The zero-order valence-corrected chi connectivity index (χ0v) is 12.5. The van der Waals surface area contributed by atoms with Crippen molar-refractivity contribution in [3.63, 3.8) is 0 Å². The summed E-state index contributed by atoms with van der Waals surface area (Å²) < 4.78 is 0. The summed E-state index contributed by atoms with van der Waals surface area (Å²) in [5, 5.41) is 2.83. The van der Waals surface area contributed by atoms with Gasteiger partial charge in [-0.05, 0) is 35.2 Å². The van der Waals surface area contributed by atoms with E-state index >= 15 is 0 Å². The minimum absolute atomic E-state index is 0.0842. The molecule has 0 spiro atoms. The molecule has 0 atom stereocenters. The molecule has 0 aliphatic carbocycles. The summed E-state index contributed by atoms with van der Waals surface area (Å²) in [6, 6.07) is 14.4. The van der Waals surface area contributed by atoms with Gasteiger partial charge in [0.1, 0.15) is 6.29 Å². The summed E-state index contributed by atoms with van der Waals surface area (Å²) in [5.74, 6) is -0.220. The molecule has 1 amide bonds. The Bertz CT molecular complexity index is 652. The molecule has 1 N–H and O–H groups in total. The van der Waals surface area contributed by atoms with Crippen LogP contribution in [0.5, 0.6) is 0 Å². The van der Waals surface area contributed by atoms with Crippen molar-refractivity contribution in [1.29, 1.82) is 0 Å². The average Bonchev–Trinajstić information content (AvgIpc) is 2.47. The number of nitrogens with one attached hydrogen (secondary N) is 1. The topological polar surface area (TPSA) is 46.2 Å². The molecule has 0 aliphatic rings. The Hall–Kier alpha value is -2.42. The van der Waals surface area contributed by atoms with Gasteiger partial charge in [-0.15, -0.1) is 0 Å². The molecular weight excluding hydrogens is 262 g/mol. The van der Waals surface area contributed by atoms with Crippen molar-refractivity contribution in [3.8, 4) is 0 Å². The van der Waals surface area contributed by atoms with Gasteiger partial charge < -0.3 is 5.32 Å². The molecule has 0 aliphatic heterocycles. The molecular formula is C18H19NO2. The van der Waals surface area contributed by atoms with E-state index in [1.807, 2.05) is 24.3 Å². The minimum Gasteiger partial charge on any atom is -0.322 e. The summed E-state index contributed by atoms with van der Waals surface area (Å²) in [4.78, 5) is 22.9. The molecule has 2 aromatic carbocycles. The number of amides is 1. The van der Waals surface area contributed by atoms with Gasteiger partial charge in [0.2, 0.25) is 0 Å². The largest absolute Gasteiger partial charge is 0.322 e. The SMILES string of the molecule is CC(C)(C)c1ccc(NC(=O)c2cccc(C=O)c2)cc1. The molecule has 2 aromatic rings. The van der Waals surface area contributed by atoms with Crippen LogP contribution in [-0.2, 0) is 5.41 Å². The van der Waals surface area contributed by atoms with Gasteiger partial charge in [-0.1, -0.05) is 45.0 Å². The smallest absolute Gasteiger partial charge is 0.255 e. The van der Waals surface area contributed by atoms with Crippen LogP contribution in [0.15, 0.2) is 48.5 Å². The van der Waals surface area contributed by atoms with Crippen molar-refractivity contribution < 1.29 is 9.59 Å². The lowest BCUT2D eigenvalue weighted by Gasteiger charge is -2.19. The molecule has 0 heterocycles. The zero-order chi connectivity index (χ0) is 15.5. The monoisotopic (exact) mass is 281 g/mol. The van der Waals surface area contributed by atoms with Gasteiger partial charge in [0.25, 0.3) is 5.91 Å². The predicted octanol–water partition coefficient (Wildman–Crippen LogP) is 4.05. The number of carbonyl (C=O) groups excluding carboxylic acids is 2. The van der Waals surface area contributed by atoms with Gasteiger partial charge in [0, 0.05) is 16.8 Å². The summed E-state index contributed by atoms with van der Waals surface area (Å²) >= 11 is 0. The van der Waals surface area contributed by atoms with Crippen LogP contribution in [0, 0.1) is 0 Å². The van der Waals surface area contributed by atoms with E-state index in [2.05, 4.69) is 26.1 Å². The highest BCUT2D eigenvalue weighted by Gasteiger charge is 2.13. The van der Waals surface area contributed by atoms with Crippen LogP contribution >= 0.6 is 0 Å². The van der Waals surface area contributed by atoms with Gasteiger partial charge in [0.05, 0.1) is 0 Å². The molecule has 21 heavy (non-hydrogen) atoms. The van der Waals surface area contributed by atoms with Crippen molar-refractivity contribution in [2.75, 3.05) is 5.32 Å². The first kappa shape index (κ1) is 15.0. The number of rotatable bonds is 3. The number of benzene rings is 2. The van der Waals surface area contributed by atoms with Crippen LogP contribution in [0.3, 0.4) is 0 Å². The summed E-state index contributed by atoms with van der Waals surface area (Å²) in [5.41, 5.74) is 3.00. The number of hydrogen-bond donors (Lipinski definition) is 1. The third-order valence-electron chi connectivity index (χ3n) is 3.29. The average molecular weight is 281 g/mol. The second-order valence-corrected chi connectivity index (χ2v) is 6.02. The fourth-order valence-electron chi connectivity index (χ4n) is 2.01. The van der Waals surface area contributed by atoms with Gasteiger partial charge in [-0.3, -0.25) is 9.59 Å². The minimum atomic E-state index is -0.220. The maximum atomic E-state index is 12.1. The lowest BCUT2D eigenvalue weighted by Crippen LogP contribution is -2.13. The highest BCUT2D eigenvalue weighted by Crippen LogP contribution is 2.23. The number of aldehydes is 1. The Morgan fingerprint density at radius 3 is 2.29 bits per heavy atom. The van der Waals surface area contributed by atoms with Crippen LogP contribution in [0.2, 0.25) is 0 Å². The molecule has 0 fully saturated rings. The molecule has 0 aromatic heterocycles. The highest BCUT2D eigenvalue weighted by atomic mass is 16.1. The van der Waals surface area contributed by atoms with E-state index in [0.717, 1.165) is 12.0 Å². The van der Waals surface area contributed by atoms with Crippen molar-refractivity contribution in [2.24, 2.45) is 0 Å². The Morgan fingerprint density at radius 1 is 1.05 bits per heavy atom. The van der Waals surface area contributed by atoms with Crippen LogP contribution in [0.1, 0.15) is 47.1 Å². The lowest BCUT2D eigenvalue weighted by atomic mass is 9.87. The standard InChI is InChI=1S/C18H19NO2/c1-18(2,3)15-7-9-16(10-8-15)19-17(21)14-6-4-5-13(11-14)12-20/h4-12H,1-3H3,(H,19,21). The first-order valence-electron chi connectivity index (χ1n) is 6.87. The van der Waals surface area contributed by atoms with Gasteiger partial charge in [-0.25, -0.2) is 0 Å². The fourth-order valence-corrected chi connectivity index (χ4v) is 2.01. The molecule has 3 nitrogen and oxygen atoms in total. The van der Waals surface area contributed by atoms with Crippen LogP contribution < -0.4 is 5.32 Å². The van der Waals surface area contributed by atoms with E-state index in [9.17, 15) is 9.59 Å². The van der Waals surface area contributed by atoms with Crippen molar-refractivity contribution in [3.05, 3.63) is 65.2 Å². The molecule has 3 heteroatoms. The van der Waals surface area contributed by atoms with Gasteiger partial charge in [-0.2, -0.15) is 0 Å².